The highest BCUT2D eigenvalue weighted by atomic mass is 31.2. The van der Waals surface area contributed by atoms with Crippen LogP contribution in [0.4, 0.5) is 0 Å². The molecule has 9 heteroatoms. The molecule has 0 aromatic heterocycles. The van der Waals surface area contributed by atoms with Gasteiger partial charge < -0.3 is 28.8 Å². The second-order valence-electron chi connectivity index (χ2n) is 19.2. The number of hydrogen-bond acceptors (Lipinski definition) is 6. The van der Waals surface area contributed by atoms with E-state index in [1.807, 2.05) is 21.1 Å². The molecule has 0 aliphatic heterocycles. The molecule has 8 nitrogen and oxygen atoms in total. The van der Waals surface area contributed by atoms with Gasteiger partial charge in [0, 0.05) is 6.42 Å². The Labute approximate surface area is 373 Å². The molecule has 0 aliphatic rings. The van der Waals surface area contributed by atoms with Crippen molar-refractivity contribution in [2.75, 3.05) is 40.9 Å². The van der Waals surface area contributed by atoms with E-state index in [-0.39, 0.29) is 19.1 Å². The van der Waals surface area contributed by atoms with Crippen molar-refractivity contribution in [3.63, 3.8) is 0 Å². The summed E-state index contributed by atoms with van der Waals surface area (Å²) in [5.74, 6) is -0.170. The summed E-state index contributed by atoms with van der Waals surface area (Å²) in [6, 6.07) is -0.801. The number of likely N-dealkylation sites (N-methyl/N-ethyl adjacent to an activating group) is 1. The zero-order chi connectivity index (χ0) is 44.3. The van der Waals surface area contributed by atoms with E-state index in [0.717, 1.165) is 51.4 Å². The van der Waals surface area contributed by atoms with E-state index < -0.39 is 20.0 Å². The van der Waals surface area contributed by atoms with Gasteiger partial charge in [-0.2, -0.15) is 0 Å². The fourth-order valence-corrected chi connectivity index (χ4v) is 8.58. The van der Waals surface area contributed by atoms with Crippen molar-refractivity contribution in [1.82, 2.24) is 5.32 Å². The number of hydrogen-bond donors (Lipinski definition) is 2. The highest BCUT2D eigenvalue weighted by Crippen LogP contribution is 2.38. The van der Waals surface area contributed by atoms with E-state index in [1.54, 1.807) is 0 Å². The summed E-state index contributed by atoms with van der Waals surface area (Å²) in [6.45, 7) is 4.74. The molecule has 0 saturated carbocycles. The summed E-state index contributed by atoms with van der Waals surface area (Å²) in [4.78, 5) is 25.4. The number of nitrogens with one attached hydrogen (secondary N) is 1. The maximum absolute atomic E-state index is 12.9. The first-order valence-corrected chi connectivity index (χ1v) is 27.5. The Bertz CT molecular complexity index is 989. The number of carbonyl (C=O) groups excluding carboxylic acids is 1. The molecule has 0 radical (unpaired) electrons. The third-order valence-electron chi connectivity index (χ3n) is 12.0. The van der Waals surface area contributed by atoms with Crippen molar-refractivity contribution in [3.05, 3.63) is 12.2 Å². The Hall–Kier alpha value is -0.760. The van der Waals surface area contributed by atoms with E-state index in [1.165, 1.54) is 180 Å². The first-order chi connectivity index (χ1) is 29.0. The molecule has 0 bridgehead atoms. The molecule has 60 heavy (non-hydrogen) atoms. The molecule has 0 rings (SSSR count). The van der Waals surface area contributed by atoms with Crippen LogP contribution >= 0.6 is 7.82 Å². The van der Waals surface area contributed by atoms with Gasteiger partial charge in [0.2, 0.25) is 5.91 Å². The minimum atomic E-state index is -4.57. The topological polar surface area (TPSA) is 108 Å². The van der Waals surface area contributed by atoms with Gasteiger partial charge in [-0.05, 0) is 38.5 Å². The number of rotatable bonds is 48. The van der Waals surface area contributed by atoms with Crippen LogP contribution in [0.1, 0.15) is 258 Å². The van der Waals surface area contributed by atoms with Crippen LogP contribution in [-0.4, -0.2) is 68.5 Å². The van der Waals surface area contributed by atoms with Crippen LogP contribution < -0.4 is 10.2 Å². The molecule has 0 aliphatic carbocycles. The highest BCUT2D eigenvalue weighted by molar-refractivity contribution is 7.45. The van der Waals surface area contributed by atoms with E-state index in [9.17, 15) is 19.4 Å². The Morgan fingerprint density at radius 1 is 0.567 bits per heavy atom. The summed E-state index contributed by atoms with van der Waals surface area (Å²) in [6.07, 6.45) is 50.8. The average molecular weight is 871 g/mol. The van der Waals surface area contributed by atoms with Gasteiger partial charge in [-0.1, -0.05) is 225 Å². The minimum Gasteiger partial charge on any atom is -0.756 e. The fourth-order valence-electron chi connectivity index (χ4n) is 7.86. The predicted octanol–water partition coefficient (Wildman–Crippen LogP) is 14.5. The van der Waals surface area contributed by atoms with Crippen molar-refractivity contribution < 1.29 is 32.9 Å². The molecular weight excluding hydrogens is 768 g/mol. The molecule has 3 atom stereocenters. The molecule has 0 fully saturated rings. The second-order valence-corrected chi connectivity index (χ2v) is 20.6. The SMILES string of the molecule is CCCCCCCCC/C=C\CCCCCCCC(=O)NC(COP(=O)([O-])OCC[N+](C)(C)C)C(O)CCCCCCCCCCCCCCCCCCCCCCCC. The van der Waals surface area contributed by atoms with Crippen LogP contribution in [-0.2, 0) is 18.4 Å². The third kappa shape index (κ3) is 45.3. The van der Waals surface area contributed by atoms with Crippen LogP contribution in [0.5, 0.6) is 0 Å². The van der Waals surface area contributed by atoms with Gasteiger partial charge in [0.25, 0.3) is 7.82 Å². The Morgan fingerprint density at radius 2 is 0.917 bits per heavy atom. The monoisotopic (exact) mass is 871 g/mol. The van der Waals surface area contributed by atoms with E-state index in [4.69, 9.17) is 9.05 Å². The first kappa shape index (κ1) is 59.2. The predicted molar refractivity (Wildman–Crippen MR) is 256 cm³/mol. The van der Waals surface area contributed by atoms with Gasteiger partial charge in [0.1, 0.15) is 13.2 Å². The number of aliphatic hydroxyl groups excluding tert-OH is 1. The number of amides is 1. The lowest BCUT2D eigenvalue weighted by molar-refractivity contribution is -0.870. The molecule has 3 unspecified atom stereocenters. The van der Waals surface area contributed by atoms with Crippen molar-refractivity contribution in [2.24, 2.45) is 0 Å². The summed E-state index contributed by atoms with van der Waals surface area (Å²) >= 11 is 0. The van der Waals surface area contributed by atoms with Crippen LogP contribution in [0.2, 0.25) is 0 Å². The van der Waals surface area contributed by atoms with Crippen molar-refractivity contribution >= 4 is 13.7 Å². The zero-order valence-electron chi connectivity index (χ0n) is 40.7. The van der Waals surface area contributed by atoms with Crippen molar-refractivity contribution in [1.29, 1.82) is 0 Å². The molecule has 0 aromatic carbocycles. The third-order valence-corrected chi connectivity index (χ3v) is 13.0. The minimum absolute atomic E-state index is 0.0128. The molecular formula is C51H103N2O6P. The van der Waals surface area contributed by atoms with E-state index >= 15 is 0 Å². The fraction of sp³-hybridized carbons (Fsp3) is 0.941. The number of quaternary nitrogens is 1. The summed E-state index contributed by atoms with van der Waals surface area (Å²) in [5.41, 5.74) is 0. The quantitative estimate of drug-likeness (QED) is 0.0273. The molecule has 2 N–H and O–H groups in total. The summed E-state index contributed by atoms with van der Waals surface area (Å²) in [5, 5.41) is 14.0. The number of unbranched alkanes of at least 4 members (excludes halogenated alkanes) is 33. The van der Waals surface area contributed by atoms with Gasteiger partial charge in [0.15, 0.2) is 0 Å². The summed E-state index contributed by atoms with van der Waals surface area (Å²) < 4.78 is 23.4. The Morgan fingerprint density at radius 3 is 1.30 bits per heavy atom. The largest absolute Gasteiger partial charge is 0.756 e. The Kier molecular flexibility index (Phi) is 42.9. The number of phosphoric acid groups is 1. The number of nitrogens with zero attached hydrogens (tertiary/aromatic N) is 1. The lowest BCUT2D eigenvalue weighted by Gasteiger charge is -2.30. The molecule has 0 aromatic rings. The number of allylic oxidation sites excluding steroid dienone is 2. The Balaban J connectivity index is 4.22. The van der Waals surface area contributed by atoms with Crippen LogP contribution in [0.15, 0.2) is 12.2 Å². The number of phosphoric ester groups is 1. The molecule has 0 heterocycles. The normalized spacial score (nSPS) is 14.2. The van der Waals surface area contributed by atoms with Gasteiger partial charge >= 0.3 is 0 Å². The van der Waals surface area contributed by atoms with Crippen LogP contribution in [0.25, 0.3) is 0 Å². The number of carbonyl (C=O) groups is 1. The van der Waals surface area contributed by atoms with E-state index in [0.29, 0.717) is 23.9 Å². The van der Waals surface area contributed by atoms with E-state index in [2.05, 4.69) is 31.3 Å². The van der Waals surface area contributed by atoms with Crippen molar-refractivity contribution in [2.45, 2.75) is 270 Å². The van der Waals surface area contributed by atoms with Gasteiger partial charge in [-0.3, -0.25) is 9.36 Å². The zero-order valence-corrected chi connectivity index (χ0v) is 41.6. The van der Waals surface area contributed by atoms with Gasteiger partial charge in [0.05, 0.1) is 39.9 Å². The average Bonchev–Trinajstić information content (AvgIpc) is 3.20. The lowest BCUT2D eigenvalue weighted by Crippen LogP contribution is -2.46. The summed E-state index contributed by atoms with van der Waals surface area (Å²) in [7, 11) is 1.31. The molecule has 0 spiro atoms. The number of aliphatic hydroxyl groups is 1. The lowest BCUT2D eigenvalue weighted by atomic mass is 10.0. The maximum Gasteiger partial charge on any atom is 0.268 e. The highest BCUT2D eigenvalue weighted by Gasteiger charge is 2.24. The second kappa shape index (κ2) is 43.5. The van der Waals surface area contributed by atoms with Crippen LogP contribution in [0.3, 0.4) is 0 Å². The van der Waals surface area contributed by atoms with Gasteiger partial charge in [-0.15, -0.1) is 0 Å². The van der Waals surface area contributed by atoms with Gasteiger partial charge in [-0.25, -0.2) is 0 Å². The van der Waals surface area contributed by atoms with Crippen LogP contribution in [0, 0.1) is 0 Å². The standard InChI is InChI=1S/C51H103N2O6P/c1-6-8-10-12-14-16-18-20-22-24-25-26-27-28-29-30-32-34-36-38-40-42-44-50(54)49(48-59-60(56,57)58-47-46-53(3,4)5)52-51(55)45-43-41-39-37-35-33-31-23-21-19-17-15-13-11-9-7-2/h23,31,49-50,54H,6-22,24-30,32-48H2,1-5H3,(H-,52,55,56,57)/b31-23-. The smallest absolute Gasteiger partial charge is 0.268 e. The first-order valence-electron chi connectivity index (χ1n) is 26.0. The maximum atomic E-state index is 12.9. The molecule has 0 saturated heterocycles. The molecule has 1 amide bonds. The van der Waals surface area contributed by atoms with Crippen molar-refractivity contribution in [3.8, 4) is 0 Å². The molecule has 358 valence electrons.